The van der Waals surface area contributed by atoms with Crippen LogP contribution in [0.1, 0.15) is 16.8 Å². The van der Waals surface area contributed by atoms with Crippen molar-refractivity contribution >= 4 is 17.5 Å². The Morgan fingerprint density at radius 2 is 2.00 bits per heavy atom. The molecule has 26 heavy (non-hydrogen) atoms. The topological polar surface area (TPSA) is 87.3 Å². The predicted molar refractivity (Wildman–Crippen MR) is 99.5 cm³/mol. The Balaban J connectivity index is 1.54. The molecule has 2 N–H and O–H groups in total. The van der Waals surface area contributed by atoms with Gasteiger partial charge in [0.1, 0.15) is 11.4 Å². The van der Waals surface area contributed by atoms with E-state index in [9.17, 15) is 9.59 Å². The van der Waals surface area contributed by atoms with Crippen molar-refractivity contribution < 1.29 is 9.53 Å². The number of ether oxygens (including phenoxy) is 1. The number of morpholine rings is 1. The first-order valence-electron chi connectivity index (χ1n) is 8.57. The van der Waals surface area contributed by atoms with Crippen molar-refractivity contribution in [3.63, 3.8) is 0 Å². The van der Waals surface area contributed by atoms with Crippen molar-refractivity contribution in [2.24, 2.45) is 0 Å². The Labute approximate surface area is 156 Å². The molecule has 7 nitrogen and oxygen atoms in total. The first-order chi connectivity index (χ1) is 12.6. The Hall–Kier alpha value is -2.22. The normalized spacial score (nSPS) is 15.0. The van der Waals surface area contributed by atoms with Crippen molar-refractivity contribution in [3.05, 3.63) is 51.4 Å². The second kappa shape index (κ2) is 8.93. The van der Waals surface area contributed by atoms with Crippen LogP contribution in [0.15, 0.2) is 35.3 Å². The fourth-order valence-corrected chi connectivity index (χ4v) is 2.86. The zero-order valence-corrected chi connectivity index (χ0v) is 15.1. The van der Waals surface area contributed by atoms with Gasteiger partial charge in [-0.3, -0.25) is 14.5 Å². The summed E-state index contributed by atoms with van der Waals surface area (Å²) in [5, 5.41) is 3.37. The van der Waals surface area contributed by atoms with E-state index in [1.54, 1.807) is 24.3 Å². The van der Waals surface area contributed by atoms with E-state index in [0.717, 1.165) is 44.8 Å². The summed E-state index contributed by atoms with van der Waals surface area (Å²) in [5.41, 5.74) is 0.272. The van der Waals surface area contributed by atoms with Gasteiger partial charge in [0.2, 0.25) is 0 Å². The predicted octanol–water partition coefficient (Wildman–Crippen LogP) is 1.54. The monoisotopic (exact) mass is 376 g/mol. The molecule has 0 spiro atoms. The number of benzene rings is 1. The molecule has 2 aromatic rings. The summed E-state index contributed by atoms with van der Waals surface area (Å²) in [7, 11) is 0. The summed E-state index contributed by atoms with van der Waals surface area (Å²) in [6.45, 7) is 4.76. The van der Waals surface area contributed by atoms with Crippen LogP contribution in [-0.2, 0) is 4.74 Å². The molecule has 0 radical (unpaired) electrons. The lowest BCUT2D eigenvalue weighted by Gasteiger charge is -2.26. The van der Waals surface area contributed by atoms with Crippen molar-refractivity contribution in [3.8, 4) is 11.4 Å². The van der Waals surface area contributed by atoms with Crippen molar-refractivity contribution in [2.75, 3.05) is 39.4 Å². The molecule has 0 bridgehead atoms. The number of H-pyrrole nitrogens is 1. The van der Waals surface area contributed by atoms with Crippen molar-refractivity contribution in [2.45, 2.75) is 6.42 Å². The number of carbonyl (C=O) groups excluding carboxylic acids is 1. The van der Waals surface area contributed by atoms with Crippen LogP contribution in [0.4, 0.5) is 0 Å². The fourth-order valence-electron chi connectivity index (χ4n) is 2.74. The van der Waals surface area contributed by atoms with E-state index in [4.69, 9.17) is 16.3 Å². The molecule has 0 aliphatic carbocycles. The number of hydrogen-bond acceptors (Lipinski definition) is 5. The number of hydrogen-bond donors (Lipinski definition) is 2. The van der Waals surface area contributed by atoms with Gasteiger partial charge in [0.05, 0.1) is 13.2 Å². The minimum atomic E-state index is -0.462. The van der Waals surface area contributed by atoms with E-state index in [2.05, 4.69) is 20.2 Å². The van der Waals surface area contributed by atoms with E-state index >= 15 is 0 Å². The quantitative estimate of drug-likeness (QED) is 0.747. The summed E-state index contributed by atoms with van der Waals surface area (Å²) >= 11 is 5.85. The van der Waals surface area contributed by atoms with Crippen LogP contribution in [0.5, 0.6) is 0 Å². The van der Waals surface area contributed by atoms with E-state index < -0.39 is 11.5 Å². The number of aromatic nitrogens is 2. The summed E-state index contributed by atoms with van der Waals surface area (Å²) < 4.78 is 5.30. The molecular formula is C18H21ClN4O3. The highest BCUT2D eigenvalue weighted by atomic mass is 35.5. The van der Waals surface area contributed by atoms with Crippen LogP contribution in [0.3, 0.4) is 0 Å². The minimum absolute atomic E-state index is 0.00841. The number of halogens is 1. The molecule has 3 rings (SSSR count). The zero-order valence-electron chi connectivity index (χ0n) is 14.3. The van der Waals surface area contributed by atoms with E-state index in [0.29, 0.717) is 17.4 Å². The minimum Gasteiger partial charge on any atom is -0.379 e. The Morgan fingerprint density at radius 3 is 2.69 bits per heavy atom. The molecule has 1 saturated heterocycles. The van der Waals surface area contributed by atoms with Crippen molar-refractivity contribution in [1.82, 2.24) is 20.2 Å². The zero-order chi connectivity index (χ0) is 18.4. The third kappa shape index (κ3) is 4.91. The van der Waals surface area contributed by atoms with E-state index in [1.165, 1.54) is 6.20 Å². The number of rotatable bonds is 6. The molecule has 1 amide bonds. The van der Waals surface area contributed by atoms with Gasteiger partial charge in [-0.1, -0.05) is 11.6 Å². The second-order valence-electron chi connectivity index (χ2n) is 6.04. The molecule has 0 unspecified atom stereocenters. The first-order valence-corrected chi connectivity index (χ1v) is 8.95. The SMILES string of the molecule is O=C(NCCCN1CCOCC1)c1cnc(-c2ccc(Cl)cc2)[nH]c1=O. The maximum Gasteiger partial charge on any atom is 0.264 e. The molecular weight excluding hydrogens is 356 g/mol. The number of amides is 1. The summed E-state index contributed by atoms with van der Waals surface area (Å²) in [5.74, 6) is -0.0149. The van der Waals surface area contributed by atoms with Gasteiger partial charge >= 0.3 is 0 Å². The molecule has 0 atom stereocenters. The smallest absolute Gasteiger partial charge is 0.264 e. The fraction of sp³-hybridized carbons (Fsp3) is 0.389. The molecule has 8 heteroatoms. The van der Waals surface area contributed by atoms with Gasteiger partial charge in [-0.15, -0.1) is 0 Å². The van der Waals surface area contributed by atoms with Crippen molar-refractivity contribution in [1.29, 1.82) is 0 Å². The standard InChI is InChI=1S/C18H21ClN4O3/c19-14-4-2-13(3-5-14)16-21-12-15(18(25)22-16)17(24)20-6-1-7-23-8-10-26-11-9-23/h2-5,12H,1,6-11H2,(H,20,24)(H,21,22,25). The van der Waals surface area contributed by atoms with Gasteiger partial charge in [-0.2, -0.15) is 0 Å². The Morgan fingerprint density at radius 1 is 1.27 bits per heavy atom. The van der Waals surface area contributed by atoms with Crippen LogP contribution in [0, 0.1) is 0 Å². The van der Waals surface area contributed by atoms with Gasteiger partial charge in [0.25, 0.3) is 11.5 Å². The maximum absolute atomic E-state index is 12.2. The summed E-state index contributed by atoms with van der Waals surface area (Å²) in [4.78, 5) is 33.5. The van der Waals surface area contributed by atoms with Gasteiger partial charge in [0.15, 0.2) is 0 Å². The molecule has 1 aliphatic heterocycles. The number of nitrogens with one attached hydrogen (secondary N) is 2. The van der Waals surface area contributed by atoms with Gasteiger partial charge in [-0.05, 0) is 37.2 Å². The summed E-state index contributed by atoms with van der Waals surface area (Å²) in [6.07, 6.45) is 2.13. The lowest BCUT2D eigenvalue weighted by atomic mass is 10.2. The lowest BCUT2D eigenvalue weighted by Crippen LogP contribution is -2.38. The van der Waals surface area contributed by atoms with Crippen LogP contribution < -0.4 is 10.9 Å². The highest BCUT2D eigenvalue weighted by Gasteiger charge is 2.13. The maximum atomic E-state index is 12.2. The largest absolute Gasteiger partial charge is 0.379 e. The number of aromatic amines is 1. The summed E-state index contributed by atoms with van der Waals surface area (Å²) in [6, 6.07) is 6.94. The molecule has 1 aromatic heterocycles. The first kappa shape index (κ1) is 18.6. The van der Waals surface area contributed by atoms with Crippen LogP contribution >= 0.6 is 11.6 Å². The Bertz CT molecular complexity index is 801. The third-order valence-corrected chi connectivity index (χ3v) is 4.45. The molecule has 1 aromatic carbocycles. The molecule has 138 valence electrons. The van der Waals surface area contributed by atoms with Gasteiger partial charge < -0.3 is 15.0 Å². The molecule has 1 fully saturated rings. The van der Waals surface area contributed by atoms with Gasteiger partial charge in [0, 0.05) is 36.4 Å². The van der Waals surface area contributed by atoms with Crippen LogP contribution in [-0.4, -0.2) is 60.2 Å². The van der Waals surface area contributed by atoms with Crippen LogP contribution in [0.25, 0.3) is 11.4 Å². The second-order valence-corrected chi connectivity index (χ2v) is 6.48. The molecule has 2 heterocycles. The van der Waals surface area contributed by atoms with Gasteiger partial charge in [-0.25, -0.2) is 4.98 Å². The number of nitrogens with zero attached hydrogens (tertiary/aromatic N) is 2. The average Bonchev–Trinajstić information content (AvgIpc) is 2.66. The highest BCUT2D eigenvalue weighted by molar-refractivity contribution is 6.30. The van der Waals surface area contributed by atoms with Crippen LogP contribution in [0.2, 0.25) is 5.02 Å². The lowest BCUT2D eigenvalue weighted by molar-refractivity contribution is 0.0374. The van der Waals surface area contributed by atoms with E-state index in [1.807, 2.05) is 0 Å². The average molecular weight is 377 g/mol. The van der Waals surface area contributed by atoms with E-state index in [-0.39, 0.29) is 5.56 Å². The molecule has 0 saturated carbocycles. The Kier molecular flexibility index (Phi) is 6.38. The third-order valence-electron chi connectivity index (χ3n) is 4.20. The number of carbonyl (C=O) groups is 1. The molecule has 1 aliphatic rings. The highest BCUT2D eigenvalue weighted by Crippen LogP contribution is 2.16.